The molecule has 0 aliphatic rings. The van der Waals surface area contributed by atoms with E-state index >= 15 is 0 Å². The van der Waals surface area contributed by atoms with Crippen LogP contribution in [0.15, 0.2) is 44.9 Å². The van der Waals surface area contributed by atoms with E-state index in [1.54, 1.807) is 18.2 Å². The number of amides is 1. The molecule has 0 spiro atoms. The number of hydrogen-bond donors (Lipinski definition) is 3. The second-order valence-corrected chi connectivity index (χ2v) is 6.48. The lowest BCUT2D eigenvalue weighted by Crippen LogP contribution is -2.14. The average Bonchev–Trinajstić information content (AvgIpc) is 3.26. The predicted octanol–water partition coefficient (Wildman–Crippen LogP) is 3.06. The number of thiazole rings is 1. The first-order valence-corrected chi connectivity index (χ1v) is 8.48. The number of fused-ring (bicyclic) bond motifs is 1. The number of aryl methyl sites for hydroxylation is 1. The SMILES string of the molecule is Cc1ccc(-c2nc(CC(=O)Nc3ccc4[nH]c(=O)[nH]c4c3)cs2)o1. The minimum Gasteiger partial charge on any atom is -0.459 e. The van der Waals surface area contributed by atoms with Crippen molar-refractivity contribution in [2.45, 2.75) is 13.3 Å². The molecule has 3 N–H and O–H groups in total. The van der Waals surface area contributed by atoms with E-state index in [1.807, 2.05) is 24.4 Å². The molecule has 0 aliphatic heterocycles. The Balaban J connectivity index is 1.46. The summed E-state index contributed by atoms with van der Waals surface area (Å²) in [6.07, 6.45) is 0.165. The number of nitrogens with one attached hydrogen (secondary N) is 3. The van der Waals surface area contributed by atoms with Crippen molar-refractivity contribution in [1.82, 2.24) is 15.0 Å². The molecule has 0 radical (unpaired) electrons. The Bertz CT molecular complexity index is 1120. The molecule has 0 fully saturated rings. The Morgan fingerprint density at radius 2 is 2.08 bits per heavy atom. The van der Waals surface area contributed by atoms with Crippen LogP contribution in [0.3, 0.4) is 0 Å². The van der Waals surface area contributed by atoms with Crippen molar-refractivity contribution in [3.8, 4) is 10.8 Å². The first kappa shape index (κ1) is 15.4. The number of carbonyl (C=O) groups is 1. The van der Waals surface area contributed by atoms with Gasteiger partial charge in [-0.15, -0.1) is 11.3 Å². The van der Waals surface area contributed by atoms with Crippen molar-refractivity contribution in [2.75, 3.05) is 5.32 Å². The van der Waals surface area contributed by atoms with Crippen LogP contribution >= 0.6 is 11.3 Å². The summed E-state index contributed by atoms with van der Waals surface area (Å²) >= 11 is 1.44. The van der Waals surface area contributed by atoms with Gasteiger partial charge < -0.3 is 19.7 Å². The molecule has 1 aromatic carbocycles. The third-order valence-corrected chi connectivity index (χ3v) is 4.55. The minimum atomic E-state index is -0.276. The average molecular weight is 354 g/mol. The van der Waals surface area contributed by atoms with Gasteiger partial charge in [0, 0.05) is 11.1 Å². The predicted molar refractivity (Wildman–Crippen MR) is 95.8 cm³/mol. The number of imidazole rings is 1. The Labute approximate surface area is 145 Å². The highest BCUT2D eigenvalue weighted by Gasteiger charge is 2.12. The number of anilines is 1. The van der Waals surface area contributed by atoms with Crippen molar-refractivity contribution in [1.29, 1.82) is 0 Å². The standard InChI is InChI=1S/C17H14N4O3S/c1-9-2-5-14(24-9)16-19-11(8-25-16)7-15(22)18-10-3-4-12-13(6-10)21-17(23)20-12/h2-6,8H,7H2,1H3,(H,18,22)(H2,20,21,23). The molecule has 1 amide bonds. The maximum Gasteiger partial charge on any atom is 0.323 e. The smallest absolute Gasteiger partial charge is 0.323 e. The van der Waals surface area contributed by atoms with Crippen LogP contribution in [0.4, 0.5) is 5.69 Å². The summed E-state index contributed by atoms with van der Waals surface area (Å²) in [7, 11) is 0. The van der Waals surface area contributed by atoms with E-state index < -0.39 is 0 Å². The van der Waals surface area contributed by atoms with Crippen LogP contribution in [0.1, 0.15) is 11.5 Å². The summed E-state index contributed by atoms with van der Waals surface area (Å²) in [6.45, 7) is 1.88. The van der Waals surface area contributed by atoms with E-state index in [0.717, 1.165) is 10.8 Å². The lowest BCUT2D eigenvalue weighted by molar-refractivity contribution is -0.115. The highest BCUT2D eigenvalue weighted by molar-refractivity contribution is 7.13. The van der Waals surface area contributed by atoms with E-state index in [2.05, 4.69) is 20.3 Å². The lowest BCUT2D eigenvalue weighted by atomic mass is 10.2. The molecule has 25 heavy (non-hydrogen) atoms. The van der Waals surface area contributed by atoms with Gasteiger partial charge in [-0.05, 0) is 37.3 Å². The van der Waals surface area contributed by atoms with Crippen LogP contribution < -0.4 is 11.0 Å². The number of hydrogen-bond acceptors (Lipinski definition) is 5. The molecule has 0 saturated carbocycles. The fourth-order valence-corrected chi connectivity index (χ4v) is 3.31. The van der Waals surface area contributed by atoms with Crippen LogP contribution in [-0.2, 0) is 11.2 Å². The summed E-state index contributed by atoms with van der Waals surface area (Å²) in [5, 5.41) is 5.41. The van der Waals surface area contributed by atoms with E-state index in [1.165, 1.54) is 11.3 Å². The number of nitrogens with zero attached hydrogens (tertiary/aromatic N) is 1. The van der Waals surface area contributed by atoms with Gasteiger partial charge >= 0.3 is 5.69 Å². The summed E-state index contributed by atoms with van der Waals surface area (Å²) < 4.78 is 5.54. The number of furan rings is 1. The first-order valence-electron chi connectivity index (χ1n) is 7.60. The zero-order chi connectivity index (χ0) is 17.4. The van der Waals surface area contributed by atoms with Gasteiger partial charge in [0.25, 0.3) is 0 Å². The van der Waals surface area contributed by atoms with Crippen molar-refractivity contribution in [3.05, 3.63) is 57.7 Å². The van der Waals surface area contributed by atoms with Crippen LogP contribution in [0, 0.1) is 6.92 Å². The minimum absolute atomic E-state index is 0.165. The highest BCUT2D eigenvalue weighted by atomic mass is 32.1. The zero-order valence-electron chi connectivity index (χ0n) is 13.3. The van der Waals surface area contributed by atoms with Crippen molar-refractivity contribution in [2.24, 2.45) is 0 Å². The van der Waals surface area contributed by atoms with Gasteiger partial charge in [0.15, 0.2) is 10.8 Å². The first-order chi connectivity index (χ1) is 12.1. The lowest BCUT2D eigenvalue weighted by Gasteiger charge is -2.03. The Kier molecular flexibility index (Phi) is 3.73. The fourth-order valence-electron chi connectivity index (χ4n) is 2.53. The Hall–Kier alpha value is -3.13. The van der Waals surface area contributed by atoms with E-state index in [0.29, 0.717) is 28.2 Å². The van der Waals surface area contributed by atoms with E-state index in [9.17, 15) is 9.59 Å². The molecule has 0 bridgehead atoms. The molecule has 8 heteroatoms. The molecule has 3 aromatic heterocycles. The van der Waals surface area contributed by atoms with Crippen LogP contribution in [0.2, 0.25) is 0 Å². The summed E-state index contributed by atoms with van der Waals surface area (Å²) in [5.41, 5.74) is 2.36. The van der Waals surface area contributed by atoms with Crippen molar-refractivity contribution >= 4 is 34.0 Å². The highest BCUT2D eigenvalue weighted by Crippen LogP contribution is 2.25. The zero-order valence-corrected chi connectivity index (χ0v) is 14.1. The van der Waals surface area contributed by atoms with Crippen LogP contribution in [0.25, 0.3) is 21.8 Å². The van der Waals surface area contributed by atoms with Crippen LogP contribution in [-0.4, -0.2) is 20.9 Å². The quantitative estimate of drug-likeness (QED) is 0.524. The number of benzene rings is 1. The summed E-state index contributed by atoms with van der Waals surface area (Å²) in [6, 6.07) is 8.93. The summed E-state index contributed by atoms with van der Waals surface area (Å²) in [5.74, 6) is 1.35. The topological polar surface area (TPSA) is 104 Å². The third kappa shape index (κ3) is 3.24. The van der Waals surface area contributed by atoms with Gasteiger partial charge in [-0.2, -0.15) is 0 Å². The number of rotatable bonds is 4. The molecular weight excluding hydrogens is 340 g/mol. The molecular formula is C17H14N4O3S. The van der Waals surface area contributed by atoms with Gasteiger partial charge in [-0.25, -0.2) is 9.78 Å². The number of H-pyrrole nitrogens is 2. The molecule has 4 aromatic rings. The van der Waals surface area contributed by atoms with Gasteiger partial charge in [0.05, 0.1) is 23.1 Å². The third-order valence-electron chi connectivity index (χ3n) is 3.64. The van der Waals surface area contributed by atoms with Crippen LogP contribution in [0.5, 0.6) is 0 Å². The normalized spacial score (nSPS) is 11.1. The number of carbonyl (C=O) groups excluding carboxylic acids is 1. The van der Waals surface area contributed by atoms with E-state index in [4.69, 9.17) is 4.42 Å². The Morgan fingerprint density at radius 1 is 1.24 bits per heavy atom. The van der Waals surface area contributed by atoms with E-state index in [-0.39, 0.29) is 18.0 Å². The second-order valence-electron chi connectivity index (χ2n) is 5.62. The van der Waals surface area contributed by atoms with Gasteiger partial charge in [0.2, 0.25) is 5.91 Å². The maximum absolute atomic E-state index is 12.2. The maximum atomic E-state index is 12.2. The molecule has 4 rings (SSSR count). The van der Waals surface area contributed by atoms with Crippen molar-refractivity contribution < 1.29 is 9.21 Å². The second kappa shape index (κ2) is 6.06. The molecule has 0 unspecified atom stereocenters. The molecule has 0 aliphatic carbocycles. The van der Waals surface area contributed by atoms with Gasteiger partial charge in [-0.3, -0.25) is 4.79 Å². The molecule has 0 atom stereocenters. The van der Waals surface area contributed by atoms with Gasteiger partial charge in [0.1, 0.15) is 5.76 Å². The largest absolute Gasteiger partial charge is 0.459 e. The number of aromatic nitrogens is 3. The monoisotopic (exact) mass is 354 g/mol. The molecule has 0 saturated heterocycles. The van der Waals surface area contributed by atoms with Crippen molar-refractivity contribution in [3.63, 3.8) is 0 Å². The fraction of sp³-hybridized carbons (Fsp3) is 0.118. The Morgan fingerprint density at radius 3 is 2.88 bits per heavy atom. The number of aromatic amines is 2. The van der Waals surface area contributed by atoms with Gasteiger partial charge in [-0.1, -0.05) is 0 Å². The molecule has 126 valence electrons. The molecule has 3 heterocycles. The summed E-state index contributed by atoms with van der Waals surface area (Å²) in [4.78, 5) is 33.3. The molecule has 7 nitrogen and oxygen atoms in total.